The van der Waals surface area contributed by atoms with Gasteiger partial charge in [-0.05, 0) is 63.0 Å². The van der Waals surface area contributed by atoms with E-state index in [2.05, 4.69) is 20.5 Å². The highest BCUT2D eigenvalue weighted by atomic mass is 19.4. The highest BCUT2D eigenvalue weighted by Gasteiger charge is 2.29. The maximum Gasteiger partial charge on any atom is 0.416 e. The van der Waals surface area contributed by atoms with Crippen LogP contribution in [0.2, 0.25) is 0 Å². The fourth-order valence-corrected chi connectivity index (χ4v) is 2.92. The highest BCUT2D eigenvalue weighted by Crippen LogP contribution is 2.29. The predicted molar refractivity (Wildman–Crippen MR) is 94.8 cm³/mol. The highest BCUT2D eigenvalue weighted by molar-refractivity contribution is 5.79. The standard InChI is InChI=1S/C18H27F3N4/c1-22-17(23-10-4-14-25-12-2-3-13-25)24-11-9-15-5-7-16(8-6-15)18(19,20)21/h5-8H,2-4,9-14H2,1H3,(H2,22,23,24). The molecule has 4 nitrogen and oxygen atoms in total. The van der Waals surface area contributed by atoms with E-state index in [-0.39, 0.29) is 0 Å². The molecule has 1 aromatic rings. The molecule has 2 rings (SSSR count). The first-order valence-corrected chi connectivity index (χ1v) is 8.82. The van der Waals surface area contributed by atoms with Crippen molar-refractivity contribution in [1.29, 1.82) is 0 Å². The van der Waals surface area contributed by atoms with Crippen LogP contribution in [-0.2, 0) is 12.6 Å². The zero-order chi connectivity index (χ0) is 18.1. The lowest BCUT2D eigenvalue weighted by molar-refractivity contribution is -0.137. The van der Waals surface area contributed by atoms with Crippen LogP contribution in [0.5, 0.6) is 0 Å². The summed E-state index contributed by atoms with van der Waals surface area (Å²) in [7, 11) is 1.72. The van der Waals surface area contributed by atoms with Gasteiger partial charge in [-0.1, -0.05) is 12.1 Å². The lowest BCUT2D eigenvalue weighted by Crippen LogP contribution is -2.39. The van der Waals surface area contributed by atoms with E-state index in [9.17, 15) is 13.2 Å². The van der Waals surface area contributed by atoms with Gasteiger partial charge < -0.3 is 15.5 Å². The molecule has 2 N–H and O–H groups in total. The van der Waals surface area contributed by atoms with Crippen LogP contribution in [0.3, 0.4) is 0 Å². The number of hydrogen-bond donors (Lipinski definition) is 2. The molecule has 140 valence electrons. The van der Waals surface area contributed by atoms with Gasteiger partial charge in [0.05, 0.1) is 5.56 Å². The average Bonchev–Trinajstić information content (AvgIpc) is 3.10. The smallest absolute Gasteiger partial charge is 0.356 e. The van der Waals surface area contributed by atoms with E-state index >= 15 is 0 Å². The van der Waals surface area contributed by atoms with Gasteiger partial charge in [-0.15, -0.1) is 0 Å². The second kappa shape index (κ2) is 9.65. The molecule has 7 heteroatoms. The summed E-state index contributed by atoms with van der Waals surface area (Å²) in [5, 5.41) is 6.47. The van der Waals surface area contributed by atoms with Crippen LogP contribution in [0.25, 0.3) is 0 Å². The van der Waals surface area contributed by atoms with E-state index in [0.717, 1.165) is 43.2 Å². The Balaban J connectivity index is 1.63. The van der Waals surface area contributed by atoms with Gasteiger partial charge in [0.15, 0.2) is 5.96 Å². The van der Waals surface area contributed by atoms with Crippen molar-refractivity contribution >= 4 is 5.96 Å². The number of nitrogens with zero attached hydrogens (tertiary/aromatic N) is 2. The van der Waals surface area contributed by atoms with E-state index in [4.69, 9.17) is 0 Å². The first kappa shape index (κ1) is 19.6. The molecule has 1 saturated heterocycles. The van der Waals surface area contributed by atoms with Crippen molar-refractivity contribution in [1.82, 2.24) is 15.5 Å². The van der Waals surface area contributed by atoms with Crippen molar-refractivity contribution in [2.45, 2.75) is 31.9 Å². The minimum atomic E-state index is -4.28. The molecule has 1 fully saturated rings. The van der Waals surface area contributed by atoms with Crippen LogP contribution in [0.15, 0.2) is 29.3 Å². The number of likely N-dealkylation sites (tertiary alicyclic amines) is 1. The van der Waals surface area contributed by atoms with E-state index in [1.807, 2.05) is 0 Å². The molecule has 0 saturated carbocycles. The molecule has 0 radical (unpaired) electrons. The van der Waals surface area contributed by atoms with Crippen LogP contribution in [0, 0.1) is 0 Å². The molecule has 0 spiro atoms. The molecule has 0 amide bonds. The minimum absolute atomic E-state index is 0.611. The normalized spacial score (nSPS) is 16.2. The van der Waals surface area contributed by atoms with Crippen molar-refractivity contribution in [2.75, 3.05) is 39.8 Å². The lowest BCUT2D eigenvalue weighted by atomic mass is 10.1. The van der Waals surface area contributed by atoms with Gasteiger partial charge in [-0.3, -0.25) is 4.99 Å². The predicted octanol–water partition coefficient (Wildman–Crippen LogP) is 2.90. The Labute approximate surface area is 147 Å². The van der Waals surface area contributed by atoms with Crippen molar-refractivity contribution in [3.8, 4) is 0 Å². The summed E-state index contributed by atoms with van der Waals surface area (Å²) in [4.78, 5) is 6.64. The number of hydrogen-bond acceptors (Lipinski definition) is 2. The molecule has 25 heavy (non-hydrogen) atoms. The molecule has 1 aliphatic heterocycles. The number of rotatable bonds is 7. The second-order valence-corrected chi connectivity index (χ2v) is 6.27. The zero-order valence-corrected chi connectivity index (χ0v) is 14.7. The van der Waals surface area contributed by atoms with Gasteiger partial charge in [0.1, 0.15) is 0 Å². The largest absolute Gasteiger partial charge is 0.416 e. The van der Waals surface area contributed by atoms with Crippen LogP contribution < -0.4 is 10.6 Å². The van der Waals surface area contributed by atoms with Gasteiger partial charge in [-0.25, -0.2) is 0 Å². The first-order chi connectivity index (χ1) is 12.0. The molecule has 0 bridgehead atoms. The molecule has 1 aliphatic rings. The number of benzene rings is 1. The van der Waals surface area contributed by atoms with E-state index in [1.165, 1.54) is 38.1 Å². The maximum atomic E-state index is 12.5. The third kappa shape index (κ3) is 6.94. The fraction of sp³-hybridized carbons (Fsp3) is 0.611. The van der Waals surface area contributed by atoms with Gasteiger partial charge in [-0.2, -0.15) is 13.2 Å². The third-order valence-electron chi connectivity index (χ3n) is 4.35. The molecular weight excluding hydrogens is 329 g/mol. The Morgan fingerprint density at radius 2 is 1.72 bits per heavy atom. The Morgan fingerprint density at radius 1 is 1.08 bits per heavy atom. The van der Waals surface area contributed by atoms with Crippen molar-refractivity contribution in [3.63, 3.8) is 0 Å². The Morgan fingerprint density at radius 3 is 2.32 bits per heavy atom. The van der Waals surface area contributed by atoms with Crippen LogP contribution in [0.1, 0.15) is 30.4 Å². The molecule has 0 aliphatic carbocycles. The third-order valence-corrected chi connectivity index (χ3v) is 4.35. The SMILES string of the molecule is CN=C(NCCCN1CCCC1)NCCc1ccc(C(F)(F)F)cc1. The number of alkyl halides is 3. The Bertz CT molecular complexity index is 534. The van der Waals surface area contributed by atoms with E-state index in [0.29, 0.717) is 13.0 Å². The Kier molecular flexibility index (Phi) is 7.55. The summed E-state index contributed by atoms with van der Waals surface area (Å²) in [5.74, 6) is 0.730. The summed E-state index contributed by atoms with van der Waals surface area (Å²) in [5.41, 5.74) is 0.254. The molecular formula is C18H27F3N4. The first-order valence-electron chi connectivity index (χ1n) is 8.82. The summed E-state index contributed by atoms with van der Waals surface area (Å²) < 4.78 is 37.6. The van der Waals surface area contributed by atoms with Gasteiger partial charge in [0.25, 0.3) is 0 Å². The molecule has 0 unspecified atom stereocenters. The van der Waals surface area contributed by atoms with Gasteiger partial charge in [0.2, 0.25) is 0 Å². The topological polar surface area (TPSA) is 39.7 Å². The molecule has 0 aromatic heterocycles. The summed E-state index contributed by atoms with van der Waals surface area (Å²) >= 11 is 0. The minimum Gasteiger partial charge on any atom is -0.356 e. The number of nitrogens with one attached hydrogen (secondary N) is 2. The number of guanidine groups is 1. The van der Waals surface area contributed by atoms with Crippen molar-refractivity contribution < 1.29 is 13.2 Å². The zero-order valence-electron chi connectivity index (χ0n) is 14.7. The number of aliphatic imine (C=N–C) groups is 1. The maximum absolute atomic E-state index is 12.5. The van der Waals surface area contributed by atoms with Crippen LogP contribution >= 0.6 is 0 Å². The fourth-order valence-electron chi connectivity index (χ4n) is 2.92. The second-order valence-electron chi connectivity index (χ2n) is 6.27. The average molecular weight is 356 g/mol. The van der Waals surface area contributed by atoms with Crippen molar-refractivity contribution in [2.24, 2.45) is 4.99 Å². The van der Waals surface area contributed by atoms with E-state index in [1.54, 1.807) is 7.05 Å². The lowest BCUT2D eigenvalue weighted by Gasteiger charge is -2.16. The summed E-state index contributed by atoms with van der Waals surface area (Å²) in [6, 6.07) is 5.30. The van der Waals surface area contributed by atoms with E-state index < -0.39 is 11.7 Å². The number of halogens is 3. The molecule has 1 heterocycles. The van der Waals surface area contributed by atoms with Crippen LogP contribution in [0.4, 0.5) is 13.2 Å². The van der Waals surface area contributed by atoms with Gasteiger partial charge >= 0.3 is 6.18 Å². The monoisotopic (exact) mass is 356 g/mol. The van der Waals surface area contributed by atoms with Gasteiger partial charge in [0, 0.05) is 20.1 Å². The van der Waals surface area contributed by atoms with Crippen LogP contribution in [-0.4, -0.2) is 50.6 Å². The summed E-state index contributed by atoms with van der Waals surface area (Å²) in [6.45, 7) is 5.00. The van der Waals surface area contributed by atoms with Crippen molar-refractivity contribution in [3.05, 3.63) is 35.4 Å². The summed E-state index contributed by atoms with van der Waals surface area (Å²) in [6.07, 6.45) is 0.0469. The quantitative estimate of drug-likeness (QED) is 0.448. The Hall–Kier alpha value is -1.76. The molecule has 0 atom stereocenters. The molecule has 1 aromatic carbocycles.